The topological polar surface area (TPSA) is 71.1 Å². The van der Waals surface area contributed by atoms with Crippen molar-refractivity contribution in [3.05, 3.63) is 70.8 Å². The molecule has 2 aromatic carbocycles. The Bertz CT molecular complexity index is 944. The van der Waals surface area contributed by atoms with Crippen LogP contribution in [0.4, 0.5) is 0 Å². The van der Waals surface area contributed by atoms with Crippen LogP contribution in [0.5, 0.6) is 0 Å². The maximum absolute atomic E-state index is 13.1. The minimum absolute atomic E-state index is 0.202. The Morgan fingerprint density at radius 3 is 1.87 bits per heavy atom. The molecule has 0 amide bonds. The summed E-state index contributed by atoms with van der Waals surface area (Å²) in [4.78, 5) is 0. The fourth-order valence-corrected chi connectivity index (χ4v) is 7.58. The van der Waals surface area contributed by atoms with Crippen LogP contribution < -0.4 is 0 Å². The zero-order valence-corrected chi connectivity index (χ0v) is 19.2. The Balaban J connectivity index is 1.33. The van der Waals surface area contributed by atoms with Crippen molar-refractivity contribution in [3.63, 3.8) is 0 Å². The molecule has 8 heteroatoms. The maximum Gasteiger partial charge on any atom is 0.335 e. The first kappa shape index (κ1) is 22.0. The monoisotopic (exact) mass is 450 g/mol. The lowest BCUT2D eigenvalue weighted by Gasteiger charge is -2.43. The van der Waals surface area contributed by atoms with Gasteiger partial charge < -0.3 is 18.1 Å². The van der Waals surface area contributed by atoms with Gasteiger partial charge in [-0.2, -0.15) is 0 Å². The van der Waals surface area contributed by atoms with Gasteiger partial charge in [0.15, 0.2) is 0 Å². The number of hydrogen-bond acceptors (Lipinski definition) is 6. The second-order valence-corrected chi connectivity index (χ2v) is 12.5. The van der Waals surface area contributed by atoms with Crippen molar-refractivity contribution in [2.24, 2.45) is 5.41 Å². The van der Waals surface area contributed by atoms with E-state index in [1.807, 2.05) is 62.4 Å². The lowest BCUT2D eigenvalue weighted by atomic mass is 9.93. The number of benzene rings is 2. The average Bonchev–Trinajstić information content (AvgIpc) is 2.75. The molecule has 0 bridgehead atoms. The van der Waals surface area contributed by atoms with Gasteiger partial charge in [-0.15, -0.1) is 0 Å². The quantitative estimate of drug-likeness (QED) is 0.560. The average molecular weight is 450 g/mol. The van der Waals surface area contributed by atoms with Crippen LogP contribution >= 0.6 is 15.2 Å². The van der Waals surface area contributed by atoms with Gasteiger partial charge in [0.05, 0.1) is 44.2 Å². The van der Waals surface area contributed by atoms with Gasteiger partial charge in [0.25, 0.3) is 0 Å². The van der Waals surface area contributed by atoms with Crippen LogP contribution in [0.3, 0.4) is 0 Å². The molecule has 0 saturated carbocycles. The van der Waals surface area contributed by atoms with E-state index >= 15 is 0 Å². The highest BCUT2D eigenvalue weighted by Crippen LogP contribution is 2.60. The highest BCUT2D eigenvalue weighted by Gasteiger charge is 2.48. The van der Waals surface area contributed by atoms with Crippen molar-refractivity contribution in [3.8, 4) is 0 Å². The smallest absolute Gasteiger partial charge is 0.308 e. The summed E-state index contributed by atoms with van der Waals surface area (Å²) in [6.07, 6.45) is 1.21. The summed E-state index contributed by atoms with van der Waals surface area (Å²) < 4.78 is 48.9. The molecule has 4 rings (SSSR count). The van der Waals surface area contributed by atoms with E-state index in [9.17, 15) is 9.13 Å². The molecule has 0 radical (unpaired) electrons. The van der Waals surface area contributed by atoms with Gasteiger partial charge in [0.1, 0.15) is 0 Å². The maximum atomic E-state index is 13.1. The molecule has 0 unspecified atom stereocenters. The molecular formula is C22H28O6P2. The lowest BCUT2D eigenvalue weighted by Crippen LogP contribution is -2.45. The predicted octanol–water partition coefficient (Wildman–Crippen LogP) is 5.51. The van der Waals surface area contributed by atoms with Crippen LogP contribution in [0.1, 0.15) is 22.3 Å². The first-order chi connectivity index (χ1) is 14.3. The van der Waals surface area contributed by atoms with Crippen molar-refractivity contribution in [2.75, 3.05) is 32.6 Å². The third-order valence-corrected chi connectivity index (χ3v) is 9.35. The van der Waals surface area contributed by atoms with Crippen molar-refractivity contribution in [2.45, 2.75) is 26.4 Å². The molecule has 6 nitrogen and oxygen atoms in total. The van der Waals surface area contributed by atoms with E-state index in [4.69, 9.17) is 18.1 Å². The molecule has 2 saturated heterocycles. The van der Waals surface area contributed by atoms with Crippen molar-refractivity contribution < 1.29 is 27.2 Å². The standard InChI is InChI=1S/C22H28O6P2/c1-18-7-6-8-19(2)21(18)13-30(24)27-16-22(17-28-30)14-25-29(23,26-15-22)12-11-20-9-4-3-5-10-20/h3-10H,11-17H2,1-2H3. The summed E-state index contributed by atoms with van der Waals surface area (Å²) in [6, 6.07) is 15.8. The summed E-state index contributed by atoms with van der Waals surface area (Å²) in [5, 5.41) is 0. The summed E-state index contributed by atoms with van der Waals surface area (Å²) in [5.74, 6) is 0. The molecule has 2 aromatic rings. The van der Waals surface area contributed by atoms with Gasteiger partial charge in [0.2, 0.25) is 0 Å². The van der Waals surface area contributed by atoms with Crippen LogP contribution in [0.15, 0.2) is 48.5 Å². The predicted molar refractivity (Wildman–Crippen MR) is 116 cm³/mol. The van der Waals surface area contributed by atoms with Crippen molar-refractivity contribution in [1.82, 2.24) is 0 Å². The Morgan fingerprint density at radius 2 is 1.30 bits per heavy atom. The van der Waals surface area contributed by atoms with E-state index in [0.29, 0.717) is 12.6 Å². The van der Waals surface area contributed by atoms with Gasteiger partial charge in [-0.1, -0.05) is 48.5 Å². The summed E-state index contributed by atoms with van der Waals surface area (Å²) in [6.45, 7) is 4.82. The van der Waals surface area contributed by atoms with E-state index in [1.165, 1.54) is 0 Å². The molecule has 0 atom stereocenters. The molecule has 162 valence electrons. The Labute approximate surface area is 178 Å². The molecule has 1 spiro atoms. The SMILES string of the molecule is Cc1cccc(C)c1CP1(=O)OCC2(COP(=O)(CCc3ccccc3)OC2)CO1. The Morgan fingerprint density at radius 1 is 0.767 bits per heavy atom. The summed E-state index contributed by atoms with van der Waals surface area (Å²) in [7, 11) is -6.40. The zero-order valence-electron chi connectivity index (χ0n) is 17.4. The van der Waals surface area contributed by atoms with Crippen LogP contribution in [0, 0.1) is 19.3 Å². The Kier molecular flexibility index (Phi) is 6.37. The lowest BCUT2D eigenvalue weighted by molar-refractivity contribution is -0.0687. The van der Waals surface area contributed by atoms with Gasteiger partial charge >= 0.3 is 15.2 Å². The molecular weight excluding hydrogens is 422 g/mol. The molecule has 30 heavy (non-hydrogen) atoms. The van der Waals surface area contributed by atoms with Crippen molar-refractivity contribution in [1.29, 1.82) is 0 Å². The molecule has 2 aliphatic rings. The summed E-state index contributed by atoms with van der Waals surface area (Å²) >= 11 is 0. The van der Waals surface area contributed by atoms with E-state index < -0.39 is 20.6 Å². The normalized spacial score (nSPS) is 31.7. The number of hydrogen-bond donors (Lipinski definition) is 0. The first-order valence-electron chi connectivity index (χ1n) is 10.2. The van der Waals surface area contributed by atoms with Crippen LogP contribution in [0.25, 0.3) is 0 Å². The number of rotatable bonds is 5. The van der Waals surface area contributed by atoms with E-state index in [-0.39, 0.29) is 32.6 Å². The third kappa shape index (κ3) is 4.96. The van der Waals surface area contributed by atoms with E-state index in [2.05, 4.69) is 0 Å². The summed E-state index contributed by atoms with van der Waals surface area (Å²) in [5.41, 5.74) is 3.66. The van der Waals surface area contributed by atoms with Crippen LogP contribution in [-0.2, 0) is 39.8 Å². The first-order valence-corrected chi connectivity index (χ1v) is 13.6. The van der Waals surface area contributed by atoms with Gasteiger partial charge in [-0.05, 0) is 42.5 Å². The molecule has 0 aliphatic carbocycles. The van der Waals surface area contributed by atoms with E-state index in [0.717, 1.165) is 22.3 Å². The highest BCUT2D eigenvalue weighted by molar-refractivity contribution is 7.54. The van der Waals surface area contributed by atoms with Crippen LogP contribution in [0.2, 0.25) is 0 Å². The minimum atomic E-state index is -3.25. The highest BCUT2D eigenvalue weighted by atomic mass is 31.2. The minimum Gasteiger partial charge on any atom is -0.308 e. The fourth-order valence-electron chi connectivity index (χ4n) is 3.69. The molecule has 2 fully saturated rings. The molecule has 2 aliphatic heterocycles. The Hall–Kier alpha value is -1.26. The van der Waals surface area contributed by atoms with Gasteiger partial charge in [-0.3, -0.25) is 9.13 Å². The fraction of sp³-hybridized carbons (Fsp3) is 0.455. The second kappa shape index (κ2) is 8.70. The molecule has 0 N–H and O–H groups in total. The molecule has 0 aromatic heterocycles. The van der Waals surface area contributed by atoms with Crippen LogP contribution in [-0.4, -0.2) is 32.6 Å². The van der Waals surface area contributed by atoms with Crippen molar-refractivity contribution >= 4 is 15.2 Å². The third-order valence-electron chi connectivity index (χ3n) is 5.78. The van der Waals surface area contributed by atoms with E-state index in [1.54, 1.807) is 0 Å². The van der Waals surface area contributed by atoms with Gasteiger partial charge in [-0.25, -0.2) is 0 Å². The second-order valence-electron chi connectivity index (χ2n) is 8.30. The number of aryl methyl sites for hydroxylation is 3. The largest absolute Gasteiger partial charge is 0.335 e. The zero-order chi connectivity index (χ0) is 21.2. The van der Waals surface area contributed by atoms with Gasteiger partial charge in [0, 0.05) is 0 Å². The molecule has 2 heterocycles.